The number of hydrogen-bond acceptors (Lipinski definition) is 2. The highest BCUT2D eigenvalue weighted by molar-refractivity contribution is 9.23. The second kappa shape index (κ2) is 15.9. The molecule has 0 aliphatic rings. The number of unbranched alkanes of at least 4 members (excludes halogenated alkanes) is 2. The monoisotopic (exact) mass is 302 g/mol. The van der Waals surface area contributed by atoms with Gasteiger partial charge in [0.15, 0.2) is 0 Å². The van der Waals surface area contributed by atoms with E-state index in [1.54, 1.807) is 0 Å². The van der Waals surface area contributed by atoms with Gasteiger partial charge in [0, 0.05) is 6.61 Å². The Balaban J connectivity index is 2.95. The Labute approximate surface area is 116 Å². The van der Waals surface area contributed by atoms with E-state index < -0.39 is 0 Å². The van der Waals surface area contributed by atoms with E-state index in [4.69, 9.17) is 9.47 Å². The first-order chi connectivity index (χ1) is 7.91. The van der Waals surface area contributed by atoms with E-state index in [0.717, 1.165) is 26.1 Å². The highest BCUT2D eigenvalue weighted by Gasteiger charge is 1.89. The van der Waals surface area contributed by atoms with E-state index >= 15 is 0 Å². The van der Waals surface area contributed by atoms with Gasteiger partial charge in [-0.05, 0) is 12.8 Å². The van der Waals surface area contributed by atoms with Crippen molar-refractivity contribution in [1.29, 1.82) is 0 Å². The predicted octanol–water partition coefficient (Wildman–Crippen LogP) is 3.94. The molecule has 0 aromatic heterocycles. The largest absolute Gasteiger partial charge is 0.468 e. The summed E-state index contributed by atoms with van der Waals surface area (Å²) in [5, 5.41) is 0. The third-order valence-corrected chi connectivity index (χ3v) is 4.52. The van der Waals surface area contributed by atoms with Crippen LogP contribution < -0.4 is 0 Å². The normalized spacial score (nSPS) is 10.9. The SMILES string of the molecule is CCCCCOCOCC/C=C/C[CH2][Mg][Br]. The summed E-state index contributed by atoms with van der Waals surface area (Å²) >= 11 is 3.61. The van der Waals surface area contributed by atoms with Gasteiger partial charge in [-0.2, -0.15) is 0 Å². The lowest BCUT2D eigenvalue weighted by molar-refractivity contribution is -0.0531. The van der Waals surface area contributed by atoms with E-state index in [-0.39, 0.29) is 18.2 Å². The van der Waals surface area contributed by atoms with Gasteiger partial charge in [0.1, 0.15) is 6.79 Å². The number of rotatable bonds is 12. The van der Waals surface area contributed by atoms with E-state index in [2.05, 4.69) is 32.0 Å². The zero-order valence-electron chi connectivity index (χ0n) is 10.4. The van der Waals surface area contributed by atoms with Crippen molar-refractivity contribution < 1.29 is 9.47 Å². The van der Waals surface area contributed by atoms with Gasteiger partial charge in [0.05, 0.1) is 6.61 Å². The van der Waals surface area contributed by atoms with Crippen molar-refractivity contribution in [1.82, 2.24) is 0 Å². The fourth-order valence-corrected chi connectivity index (χ4v) is 2.57. The van der Waals surface area contributed by atoms with Crippen LogP contribution in [0.25, 0.3) is 0 Å². The molecule has 0 N–H and O–H groups in total. The van der Waals surface area contributed by atoms with Gasteiger partial charge < -0.3 is 22.4 Å². The average Bonchev–Trinajstić information content (AvgIpc) is 2.31. The van der Waals surface area contributed by atoms with Crippen molar-refractivity contribution in [3.63, 3.8) is 0 Å². The lowest BCUT2D eigenvalue weighted by atomic mass is 10.3. The molecule has 0 saturated carbocycles. The van der Waals surface area contributed by atoms with E-state index in [9.17, 15) is 0 Å². The van der Waals surface area contributed by atoms with Gasteiger partial charge in [-0.1, -0.05) is 38.3 Å². The molecule has 0 aromatic rings. The van der Waals surface area contributed by atoms with E-state index in [1.807, 2.05) is 0 Å². The summed E-state index contributed by atoms with van der Waals surface area (Å²) in [4.78, 5) is 0. The van der Waals surface area contributed by atoms with Gasteiger partial charge in [-0.25, -0.2) is 0 Å². The van der Waals surface area contributed by atoms with Crippen LogP contribution in [0.4, 0.5) is 0 Å². The molecule has 0 aromatic carbocycles. The summed E-state index contributed by atoms with van der Waals surface area (Å²) in [7, 11) is 0. The minimum Gasteiger partial charge on any atom is -0.355 e. The quantitative estimate of drug-likeness (QED) is 0.235. The van der Waals surface area contributed by atoms with Crippen molar-refractivity contribution in [2.75, 3.05) is 20.0 Å². The number of allylic oxidation sites excluding steroid dienone is 1. The fourth-order valence-electron chi connectivity index (χ4n) is 1.21. The average molecular weight is 304 g/mol. The number of halogens is 1. The first kappa shape index (κ1) is 16.9. The molecule has 0 radical (unpaired) electrons. The van der Waals surface area contributed by atoms with Crippen molar-refractivity contribution in [2.24, 2.45) is 0 Å². The molecule has 0 spiro atoms. The first-order valence-corrected chi connectivity index (χ1v) is 11.2. The molecule has 2 nitrogen and oxygen atoms in total. The van der Waals surface area contributed by atoms with Crippen molar-refractivity contribution >= 4 is 31.1 Å². The smallest absolute Gasteiger partial charge is 0.355 e. The van der Waals surface area contributed by atoms with E-state index in [0.29, 0.717) is 6.79 Å². The van der Waals surface area contributed by atoms with Crippen LogP contribution in [0, 0.1) is 0 Å². The fraction of sp³-hybridized carbons (Fsp3) is 0.833. The molecule has 0 amide bonds. The summed E-state index contributed by atoms with van der Waals surface area (Å²) in [6, 6.07) is 0. The maximum Gasteiger partial charge on any atom is 0.468 e. The minimum absolute atomic E-state index is 0.0659. The van der Waals surface area contributed by atoms with Crippen molar-refractivity contribution in [3.8, 4) is 0 Å². The minimum atomic E-state index is 0.0659. The van der Waals surface area contributed by atoms with Crippen LogP contribution in [-0.4, -0.2) is 38.2 Å². The van der Waals surface area contributed by atoms with Gasteiger partial charge in [-0.3, -0.25) is 0 Å². The molecule has 0 atom stereocenters. The molecule has 0 fully saturated rings. The lowest BCUT2D eigenvalue weighted by Gasteiger charge is -2.03. The molecule has 0 aliphatic heterocycles. The van der Waals surface area contributed by atoms with Crippen LogP contribution in [0.5, 0.6) is 0 Å². The molecule has 4 heteroatoms. The summed E-state index contributed by atoms with van der Waals surface area (Å²) in [6.07, 6.45) is 10.3. The molecule has 92 valence electrons. The topological polar surface area (TPSA) is 18.5 Å². The van der Waals surface area contributed by atoms with Crippen LogP contribution in [0.3, 0.4) is 0 Å². The Morgan fingerprint density at radius 1 is 1.06 bits per heavy atom. The Hall–Kier alpha value is 0.906. The van der Waals surface area contributed by atoms with Crippen LogP contribution >= 0.6 is 12.9 Å². The second-order valence-electron chi connectivity index (χ2n) is 3.73. The molecule has 0 heterocycles. The molecule has 0 unspecified atom stereocenters. The molecule has 0 aliphatic carbocycles. The molecular formula is C12H23BrMgO2. The Morgan fingerprint density at radius 3 is 2.56 bits per heavy atom. The summed E-state index contributed by atoms with van der Waals surface area (Å²) in [6.45, 7) is 4.25. The van der Waals surface area contributed by atoms with E-state index in [1.165, 1.54) is 23.8 Å². The maximum absolute atomic E-state index is 5.35. The third-order valence-electron chi connectivity index (χ3n) is 2.16. The Morgan fingerprint density at radius 2 is 1.81 bits per heavy atom. The second-order valence-corrected chi connectivity index (χ2v) is 7.20. The molecule has 0 bridgehead atoms. The Bertz CT molecular complexity index is 154. The van der Waals surface area contributed by atoms with Gasteiger partial charge in [0.2, 0.25) is 0 Å². The third kappa shape index (κ3) is 14.9. The highest BCUT2D eigenvalue weighted by atomic mass is 79.9. The van der Waals surface area contributed by atoms with Crippen LogP contribution in [0.1, 0.15) is 39.0 Å². The van der Waals surface area contributed by atoms with Crippen molar-refractivity contribution in [3.05, 3.63) is 12.2 Å². The van der Waals surface area contributed by atoms with Gasteiger partial charge >= 0.3 is 18.2 Å². The summed E-state index contributed by atoms with van der Waals surface area (Å²) in [5.74, 6) is 0. The zero-order valence-corrected chi connectivity index (χ0v) is 13.4. The Kier molecular flexibility index (Phi) is 16.8. The predicted molar refractivity (Wildman–Crippen MR) is 74.2 cm³/mol. The van der Waals surface area contributed by atoms with Gasteiger partial charge in [0.25, 0.3) is 0 Å². The summed E-state index contributed by atoms with van der Waals surface area (Å²) in [5.41, 5.74) is 0. The molecule has 16 heavy (non-hydrogen) atoms. The molecule has 0 saturated heterocycles. The molecule has 0 rings (SSSR count). The zero-order chi connectivity index (χ0) is 11.9. The number of hydrogen-bond donors (Lipinski definition) is 0. The lowest BCUT2D eigenvalue weighted by Crippen LogP contribution is -2.02. The molecular weight excluding hydrogens is 280 g/mol. The van der Waals surface area contributed by atoms with Crippen LogP contribution in [0.2, 0.25) is 4.55 Å². The van der Waals surface area contributed by atoms with Crippen LogP contribution in [0.15, 0.2) is 12.2 Å². The maximum atomic E-state index is 5.35. The number of ether oxygens (including phenoxy) is 2. The standard InChI is InChI=1S/C12H23O2.BrH.Mg/c1-3-5-7-9-11-14-12-13-10-8-6-4-2;;/h5,7H,1,3-4,6,8-12H2,2H3;1H;/q;;+1/p-1/b7-5+;;. The van der Waals surface area contributed by atoms with Crippen molar-refractivity contribution in [2.45, 2.75) is 43.6 Å². The first-order valence-electron chi connectivity index (χ1n) is 6.28. The highest BCUT2D eigenvalue weighted by Crippen LogP contribution is 1.96. The van der Waals surface area contributed by atoms with Gasteiger partial charge in [-0.15, -0.1) is 4.55 Å². The summed E-state index contributed by atoms with van der Waals surface area (Å²) < 4.78 is 12.0. The van der Waals surface area contributed by atoms with Crippen LogP contribution in [-0.2, 0) is 9.47 Å².